The Kier molecular flexibility index (Phi) is 2.52. The molecule has 2 fully saturated rings. The normalized spacial score (nSPS) is 41.0. The molecular weight excluding hydrogens is 178 g/mol. The van der Waals surface area contributed by atoms with Gasteiger partial charge in [-0.25, -0.2) is 0 Å². The second kappa shape index (κ2) is 3.54. The van der Waals surface area contributed by atoms with Gasteiger partial charge in [-0.3, -0.25) is 4.79 Å². The largest absolute Gasteiger partial charge is 0.375 e. The third-order valence-electron chi connectivity index (χ3n) is 3.75. The summed E-state index contributed by atoms with van der Waals surface area (Å²) in [4.78, 5) is 11.3. The predicted molar refractivity (Wildman–Crippen MR) is 53.9 cm³/mol. The highest BCUT2D eigenvalue weighted by molar-refractivity contribution is 5.75. The van der Waals surface area contributed by atoms with Crippen molar-refractivity contribution in [3.63, 3.8) is 0 Å². The molecule has 2 rings (SSSR count). The molecule has 14 heavy (non-hydrogen) atoms. The van der Waals surface area contributed by atoms with Crippen LogP contribution in [0.2, 0.25) is 0 Å². The summed E-state index contributed by atoms with van der Waals surface area (Å²) in [5, 5.41) is 3.11. The standard InChI is InChI=1S/C11H19NO2/c1-3-10(13)12-9-5-7-14-11(2)6-4-8(9)11/h8-9H,3-7H2,1-2H3,(H,12,13). The van der Waals surface area contributed by atoms with E-state index in [0.29, 0.717) is 18.4 Å². The maximum atomic E-state index is 11.3. The number of carbonyl (C=O) groups is 1. The Labute approximate surface area is 85.2 Å². The Morgan fingerprint density at radius 2 is 2.36 bits per heavy atom. The summed E-state index contributed by atoms with van der Waals surface area (Å²) in [5.74, 6) is 0.720. The van der Waals surface area contributed by atoms with E-state index < -0.39 is 0 Å². The Hall–Kier alpha value is -0.570. The van der Waals surface area contributed by atoms with Crippen LogP contribution >= 0.6 is 0 Å². The van der Waals surface area contributed by atoms with Crippen molar-refractivity contribution in [1.82, 2.24) is 5.32 Å². The molecule has 1 saturated heterocycles. The molecule has 0 bridgehead atoms. The van der Waals surface area contributed by atoms with Crippen LogP contribution < -0.4 is 5.32 Å². The third-order valence-corrected chi connectivity index (χ3v) is 3.75. The van der Waals surface area contributed by atoms with Gasteiger partial charge in [0.15, 0.2) is 0 Å². The molecule has 2 aliphatic rings. The summed E-state index contributed by atoms with van der Waals surface area (Å²) in [6, 6.07) is 0.356. The van der Waals surface area contributed by atoms with Crippen molar-refractivity contribution in [3.05, 3.63) is 0 Å². The van der Waals surface area contributed by atoms with Crippen LogP contribution in [-0.2, 0) is 9.53 Å². The van der Waals surface area contributed by atoms with E-state index in [1.54, 1.807) is 0 Å². The zero-order valence-corrected chi connectivity index (χ0v) is 9.01. The molecule has 1 saturated carbocycles. The molecule has 1 aliphatic heterocycles. The van der Waals surface area contributed by atoms with Crippen LogP contribution in [0.3, 0.4) is 0 Å². The van der Waals surface area contributed by atoms with Gasteiger partial charge in [0.1, 0.15) is 0 Å². The highest BCUT2D eigenvalue weighted by atomic mass is 16.5. The van der Waals surface area contributed by atoms with Crippen LogP contribution in [0.1, 0.15) is 39.5 Å². The number of nitrogens with one attached hydrogen (secondary N) is 1. The maximum Gasteiger partial charge on any atom is 0.219 e. The number of fused-ring (bicyclic) bond motifs is 1. The quantitative estimate of drug-likeness (QED) is 0.728. The van der Waals surface area contributed by atoms with Gasteiger partial charge in [0.25, 0.3) is 0 Å². The lowest BCUT2D eigenvalue weighted by atomic mass is 9.64. The van der Waals surface area contributed by atoms with Crippen molar-refractivity contribution < 1.29 is 9.53 Å². The molecular formula is C11H19NO2. The number of carbonyl (C=O) groups excluding carboxylic acids is 1. The number of rotatable bonds is 2. The molecule has 1 heterocycles. The van der Waals surface area contributed by atoms with Crippen LogP contribution in [0.4, 0.5) is 0 Å². The van der Waals surface area contributed by atoms with Crippen molar-refractivity contribution in [3.8, 4) is 0 Å². The first-order valence-electron chi connectivity index (χ1n) is 5.59. The van der Waals surface area contributed by atoms with Gasteiger partial charge in [0.05, 0.1) is 5.60 Å². The van der Waals surface area contributed by atoms with Crippen LogP contribution in [0.5, 0.6) is 0 Å². The van der Waals surface area contributed by atoms with Gasteiger partial charge in [-0.05, 0) is 26.2 Å². The summed E-state index contributed by atoms with van der Waals surface area (Å²) < 4.78 is 5.76. The molecule has 1 aliphatic carbocycles. The van der Waals surface area contributed by atoms with Gasteiger partial charge in [-0.2, -0.15) is 0 Å². The topological polar surface area (TPSA) is 38.3 Å². The lowest BCUT2D eigenvalue weighted by Crippen LogP contribution is -2.60. The lowest BCUT2D eigenvalue weighted by Gasteiger charge is -2.53. The molecule has 80 valence electrons. The van der Waals surface area contributed by atoms with Crippen LogP contribution in [0, 0.1) is 5.92 Å². The fourth-order valence-corrected chi connectivity index (χ4v) is 2.63. The Morgan fingerprint density at radius 1 is 1.57 bits per heavy atom. The summed E-state index contributed by atoms with van der Waals surface area (Å²) >= 11 is 0. The molecule has 0 radical (unpaired) electrons. The van der Waals surface area contributed by atoms with Gasteiger partial charge in [0.2, 0.25) is 5.91 Å². The van der Waals surface area contributed by atoms with Crippen LogP contribution in [0.15, 0.2) is 0 Å². The van der Waals surface area contributed by atoms with E-state index in [2.05, 4.69) is 12.2 Å². The monoisotopic (exact) mass is 197 g/mol. The van der Waals surface area contributed by atoms with E-state index >= 15 is 0 Å². The molecule has 3 unspecified atom stereocenters. The second-order valence-corrected chi connectivity index (χ2v) is 4.62. The Bertz CT molecular complexity index is 241. The predicted octanol–water partition coefficient (Wildman–Crippen LogP) is 1.47. The molecule has 0 aromatic heterocycles. The molecule has 0 aromatic carbocycles. The van der Waals surface area contributed by atoms with Gasteiger partial charge < -0.3 is 10.1 Å². The van der Waals surface area contributed by atoms with Gasteiger partial charge in [-0.15, -0.1) is 0 Å². The van der Waals surface area contributed by atoms with E-state index in [9.17, 15) is 4.79 Å². The number of ether oxygens (including phenoxy) is 1. The molecule has 3 atom stereocenters. The van der Waals surface area contributed by atoms with Crippen molar-refractivity contribution in [2.45, 2.75) is 51.2 Å². The second-order valence-electron chi connectivity index (χ2n) is 4.62. The summed E-state index contributed by atoms with van der Waals surface area (Å²) in [6.07, 6.45) is 3.91. The third kappa shape index (κ3) is 1.54. The summed E-state index contributed by atoms with van der Waals surface area (Å²) in [5.41, 5.74) is 0.0595. The van der Waals surface area contributed by atoms with E-state index in [0.717, 1.165) is 19.4 Å². The number of hydrogen-bond acceptors (Lipinski definition) is 2. The summed E-state index contributed by atoms with van der Waals surface area (Å²) in [6.45, 7) is 4.86. The fraction of sp³-hybridized carbons (Fsp3) is 0.909. The van der Waals surface area contributed by atoms with Gasteiger partial charge in [-0.1, -0.05) is 6.92 Å². The highest BCUT2D eigenvalue weighted by Crippen LogP contribution is 2.46. The van der Waals surface area contributed by atoms with E-state index in [4.69, 9.17) is 4.74 Å². The SMILES string of the molecule is CCC(=O)NC1CCOC2(C)CCC12. The molecule has 0 aromatic rings. The van der Waals surface area contributed by atoms with Crippen LogP contribution in [0.25, 0.3) is 0 Å². The van der Waals surface area contributed by atoms with Crippen LogP contribution in [-0.4, -0.2) is 24.2 Å². The first kappa shape index (κ1) is 9.97. The highest BCUT2D eigenvalue weighted by Gasteiger charge is 2.50. The Balaban J connectivity index is 1.95. The van der Waals surface area contributed by atoms with Crippen molar-refractivity contribution >= 4 is 5.91 Å². The minimum atomic E-state index is 0.0595. The van der Waals surface area contributed by atoms with Gasteiger partial charge >= 0.3 is 0 Å². The lowest BCUT2D eigenvalue weighted by molar-refractivity contribution is -0.177. The molecule has 1 amide bonds. The molecule has 0 spiro atoms. The zero-order chi connectivity index (χ0) is 10.2. The minimum Gasteiger partial charge on any atom is -0.375 e. The zero-order valence-electron chi connectivity index (χ0n) is 9.01. The average Bonchev–Trinajstić information content (AvgIpc) is 2.13. The van der Waals surface area contributed by atoms with E-state index in [-0.39, 0.29) is 11.5 Å². The average molecular weight is 197 g/mol. The fourth-order valence-electron chi connectivity index (χ4n) is 2.63. The van der Waals surface area contributed by atoms with E-state index in [1.807, 2.05) is 6.92 Å². The molecule has 3 nitrogen and oxygen atoms in total. The number of amides is 1. The smallest absolute Gasteiger partial charge is 0.219 e. The minimum absolute atomic E-state index is 0.0595. The first-order valence-corrected chi connectivity index (χ1v) is 5.59. The first-order chi connectivity index (χ1) is 6.65. The number of hydrogen-bond donors (Lipinski definition) is 1. The van der Waals surface area contributed by atoms with Crippen molar-refractivity contribution in [2.24, 2.45) is 5.92 Å². The van der Waals surface area contributed by atoms with Crippen molar-refractivity contribution in [2.75, 3.05) is 6.61 Å². The summed E-state index contributed by atoms with van der Waals surface area (Å²) in [7, 11) is 0. The molecule has 1 N–H and O–H groups in total. The van der Waals surface area contributed by atoms with E-state index in [1.165, 1.54) is 6.42 Å². The van der Waals surface area contributed by atoms with Gasteiger partial charge in [0, 0.05) is 25.0 Å². The van der Waals surface area contributed by atoms with Crippen molar-refractivity contribution in [1.29, 1.82) is 0 Å². The Morgan fingerprint density at radius 3 is 2.93 bits per heavy atom. The molecule has 3 heteroatoms. The maximum absolute atomic E-state index is 11.3.